The molecule has 0 fully saturated rings. The summed E-state index contributed by atoms with van der Waals surface area (Å²) in [6, 6.07) is 0. The molecule has 1 heteroatoms. The van der Waals surface area contributed by atoms with E-state index in [1.165, 1.54) is 12.8 Å². The zero-order valence-corrected chi connectivity index (χ0v) is 6.69. The van der Waals surface area contributed by atoms with Crippen molar-refractivity contribution in [1.29, 1.82) is 0 Å². The summed E-state index contributed by atoms with van der Waals surface area (Å²) in [5.74, 6) is 1.68. The first-order valence-corrected chi connectivity index (χ1v) is 3.92. The van der Waals surface area contributed by atoms with Gasteiger partial charge in [0.05, 0.1) is 5.88 Å². The molecule has 0 aromatic carbocycles. The fraction of sp³-hybridized carbons (Fsp3) is 0.625. The third-order valence-corrected chi connectivity index (χ3v) is 1.28. The van der Waals surface area contributed by atoms with Crippen molar-refractivity contribution in [2.45, 2.75) is 32.6 Å². The molecule has 0 saturated carbocycles. The lowest BCUT2D eigenvalue weighted by atomic mass is 10.2. The Balaban J connectivity index is 2.86. The average molecular weight is 146 g/mol. The molecule has 0 aliphatic carbocycles. The Bertz CT molecular complexity index is 67.0. The largest absolute Gasteiger partial charge is 0.121 e. The first-order chi connectivity index (χ1) is 4.41. The number of hydrogen-bond acceptors (Lipinski definition) is 0. The second-order valence-corrected chi connectivity index (χ2v) is 2.30. The van der Waals surface area contributed by atoms with Crippen LogP contribution >= 0.6 is 11.6 Å². The number of unbranched alkanes of at least 4 members (excludes halogenated alkanes) is 2. The van der Waals surface area contributed by atoms with E-state index in [2.05, 4.69) is 19.1 Å². The van der Waals surface area contributed by atoms with Crippen molar-refractivity contribution in [3.63, 3.8) is 0 Å². The molecule has 0 nitrogen and oxygen atoms in total. The Morgan fingerprint density at radius 2 is 1.78 bits per heavy atom. The zero-order valence-electron chi connectivity index (χ0n) is 5.94. The fourth-order valence-electron chi connectivity index (χ4n) is 0.562. The van der Waals surface area contributed by atoms with Gasteiger partial charge < -0.3 is 0 Å². The van der Waals surface area contributed by atoms with Crippen molar-refractivity contribution >= 4 is 11.6 Å². The summed E-state index contributed by atoms with van der Waals surface area (Å²) >= 11 is 5.36. The van der Waals surface area contributed by atoms with Gasteiger partial charge in [0.25, 0.3) is 0 Å². The van der Waals surface area contributed by atoms with Crippen LogP contribution in [0.1, 0.15) is 32.6 Å². The van der Waals surface area contributed by atoms with Gasteiger partial charge >= 0.3 is 0 Å². The van der Waals surface area contributed by atoms with Crippen molar-refractivity contribution in [2.24, 2.45) is 0 Å². The van der Waals surface area contributed by atoms with Crippen LogP contribution in [0.3, 0.4) is 0 Å². The van der Waals surface area contributed by atoms with Crippen molar-refractivity contribution in [3.05, 3.63) is 18.0 Å². The van der Waals surface area contributed by atoms with Crippen LogP contribution < -0.4 is 0 Å². The maximum absolute atomic E-state index is 5.36. The molecule has 0 amide bonds. The monoisotopic (exact) mass is 145 g/mol. The SMILES string of the molecule is CCC/C=C/CC[CH]Cl. The molecule has 9 heavy (non-hydrogen) atoms. The van der Waals surface area contributed by atoms with E-state index < -0.39 is 0 Å². The predicted octanol–water partition coefficient (Wildman–Crippen LogP) is 3.52. The molecule has 0 spiro atoms. The molecule has 53 valence electrons. The van der Waals surface area contributed by atoms with Crippen LogP contribution in [0.2, 0.25) is 0 Å². The lowest BCUT2D eigenvalue weighted by Gasteiger charge is -1.85. The molecule has 0 aliphatic rings. The number of halogens is 1. The van der Waals surface area contributed by atoms with Crippen LogP contribution in [-0.2, 0) is 0 Å². The van der Waals surface area contributed by atoms with E-state index in [-0.39, 0.29) is 0 Å². The molecule has 0 aliphatic heterocycles. The first kappa shape index (κ1) is 9.03. The van der Waals surface area contributed by atoms with Gasteiger partial charge in [0.15, 0.2) is 0 Å². The molecule has 0 unspecified atom stereocenters. The van der Waals surface area contributed by atoms with Crippen LogP contribution in [0.15, 0.2) is 12.2 Å². The van der Waals surface area contributed by atoms with E-state index in [4.69, 9.17) is 11.6 Å². The summed E-state index contributed by atoms with van der Waals surface area (Å²) in [6.45, 7) is 2.18. The third-order valence-electron chi connectivity index (χ3n) is 1.06. The van der Waals surface area contributed by atoms with E-state index in [0.29, 0.717) is 0 Å². The van der Waals surface area contributed by atoms with Gasteiger partial charge in [-0.25, -0.2) is 0 Å². The fourth-order valence-corrected chi connectivity index (χ4v) is 0.688. The van der Waals surface area contributed by atoms with Gasteiger partial charge in [-0.1, -0.05) is 25.5 Å². The van der Waals surface area contributed by atoms with E-state index in [9.17, 15) is 0 Å². The number of allylic oxidation sites excluding steroid dienone is 2. The highest BCUT2D eigenvalue weighted by Crippen LogP contribution is 1.99. The summed E-state index contributed by atoms with van der Waals surface area (Å²) < 4.78 is 0. The first-order valence-electron chi connectivity index (χ1n) is 3.48. The average Bonchev–Trinajstić information content (AvgIpc) is 1.89. The summed E-state index contributed by atoms with van der Waals surface area (Å²) in [5.41, 5.74) is 0. The normalized spacial score (nSPS) is 10.9. The summed E-state index contributed by atoms with van der Waals surface area (Å²) in [6.07, 6.45) is 8.90. The highest BCUT2D eigenvalue weighted by molar-refractivity contribution is 6.23. The maximum atomic E-state index is 5.36. The van der Waals surface area contributed by atoms with E-state index >= 15 is 0 Å². The Labute approximate surface area is 62.9 Å². The highest BCUT2D eigenvalue weighted by Gasteiger charge is 1.78. The molecular weight excluding hydrogens is 132 g/mol. The van der Waals surface area contributed by atoms with Gasteiger partial charge in [-0.2, -0.15) is 0 Å². The highest BCUT2D eigenvalue weighted by atomic mass is 35.5. The van der Waals surface area contributed by atoms with Crippen LogP contribution in [0.4, 0.5) is 0 Å². The predicted molar refractivity (Wildman–Crippen MR) is 43.4 cm³/mol. The van der Waals surface area contributed by atoms with E-state index in [0.717, 1.165) is 12.8 Å². The minimum atomic E-state index is 0.988. The van der Waals surface area contributed by atoms with Gasteiger partial charge in [0.2, 0.25) is 0 Å². The van der Waals surface area contributed by atoms with Crippen LogP contribution in [-0.4, -0.2) is 0 Å². The zero-order chi connectivity index (χ0) is 6.95. The van der Waals surface area contributed by atoms with Crippen molar-refractivity contribution in [3.8, 4) is 0 Å². The van der Waals surface area contributed by atoms with Crippen molar-refractivity contribution in [2.75, 3.05) is 0 Å². The smallest absolute Gasteiger partial charge is 0.0502 e. The summed E-state index contributed by atoms with van der Waals surface area (Å²) in [4.78, 5) is 0. The van der Waals surface area contributed by atoms with Gasteiger partial charge in [0, 0.05) is 0 Å². The molecule has 0 heterocycles. The number of rotatable bonds is 5. The quantitative estimate of drug-likeness (QED) is 0.410. The topological polar surface area (TPSA) is 0 Å². The molecule has 0 aromatic heterocycles. The van der Waals surface area contributed by atoms with Gasteiger partial charge in [0.1, 0.15) is 0 Å². The molecule has 0 saturated heterocycles. The van der Waals surface area contributed by atoms with E-state index in [1.54, 1.807) is 5.88 Å². The Hall–Kier alpha value is 0.0300. The van der Waals surface area contributed by atoms with E-state index in [1.807, 2.05) is 0 Å². The molecule has 0 aromatic rings. The molecular formula is C8H14Cl. The van der Waals surface area contributed by atoms with Crippen molar-refractivity contribution in [1.82, 2.24) is 0 Å². The molecule has 0 N–H and O–H groups in total. The Morgan fingerprint density at radius 1 is 1.11 bits per heavy atom. The molecule has 1 radical (unpaired) electrons. The van der Waals surface area contributed by atoms with Crippen LogP contribution in [0.5, 0.6) is 0 Å². The van der Waals surface area contributed by atoms with Gasteiger partial charge in [-0.15, -0.1) is 11.6 Å². The minimum Gasteiger partial charge on any atom is -0.121 e. The Kier molecular flexibility index (Phi) is 8.06. The van der Waals surface area contributed by atoms with Crippen LogP contribution in [0.25, 0.3) is 0 Å². The lowest BCUT2D eigenvalue weighted by Crippen LogP contribution is -1.66. The minimum absolute atomic E-state index is 0.988. The third kappa shape index (κ3) is 8.03. The second kappa shape index (κ2) is 8.03. The Morgan fingerprint density at radius 3 is 2.33 bits per heavy atom. The molecule has 0 bridgehead atoms. The standard InChI is InChI=1S/C8H14Cl/c1-2-3-4-5-6-7-8-9/h4-5,8H,2-3,6-7H2,1H3/b5-4+. The molecule has 0 rings (SSSR count). The number of hydrogen-bond donors (Lipinski definition) is 0. The van der Waals surface area contributed by atoms with Crippen molar-refractivity contribution < 1.29 is 0 Å². The molecule has 0 atom stereocenters. The summed E-state index contributed by atoms with van der Waals surface area (Å²) in [5, 5.41) is 0. The second-order valence-electron chi connectivity index (χ2n) is 1.99. The van der Waals surface area contributed by atoms with Gasteiger partial charge in [-0.3, -0.25) is 0 Å². The lowest BCUT2D eigenvalue weighted by molar-refractivity contribution is 0.941. The summed E-state index contributed by atoms with van der Waals surface area (Å²) in [7, 11) is 0. The van der Waals surface area contributed by atoms with Gasteiger partial charge in [-0.05, 0) is 19.3 Å². The van der Waals surface area contributed by atoms with Crippen LogP contribution in [0, 0.1) is 5.88 Å². The maximum Gasteiger partial charge on any atom is 0.0502 e.